The highest BCUT2D eigenvalue weighted by atomic mass is 16.3. The van der Waals surface area contributed by atoms with E-state index in [0.717, 1.165) is 11.3 Å². The first-order valence-corrected chi connectivity index (χ1v) is 8.44. The molecule has 0 aliphatic heterocycles. The van der Waals surface area contributed by atoms with Gasteiger partial charge in [-0.1, -0.05) is 39.0 Å². The number of furan rings is 1. The molecule has 0 fully saturated rings. The number of hydrogen-bond donors (Lipinski definition) is 1. The van der Waals surface area contributed by atoms with Gasteiger partial charge in [0, 0.05) is 25.6 Å². The van der Waals surface area contributed by atoms with Crippen LogP contribution in [0.2, 0.25) is 0 Å². The average molecular weight is 342 g/mol. The molecular weight excluding hydrogens is 316 g/mol. The Labute approximate surface area is 149 Å². The number of carbonyl (C=O) groups is 2. The van der Waals surface area contributed by atoms with Gasteiger partial charge in [-0.25, -0.2) is 0 Å². The molecule has 1 heterocycles. The van der Waals surface area contributed by atoms with Crippen LogP contribution in [0.1, 0.15) is 45.4 Å². The molecule has 5 nitrogen and oxygen atoms in total. The molecule has 0 saturated carbocycles. The van der Waals surface area contributed by atoms with Gasteiger partial charge in [0.15, 0.2) is 0 Å². The van der Waals surface area contributed by atoms with Crippen molar-refractivity contribution < 1.29 is 14.0 Å². The monoisotopic (exact) mass is 342 g/mol. The van der Waals surface area contributed by atoms with Crippen LogP contribution in [0.15, 0.2) is 47.1 Å². The maximum atomic E-state index is 12.3. The number of hydrogen-bond acceptors (Lipinski definition) is 3. The van der Waals surface area contributed by atoms with Gasteiger partial charge in [0.1, 0.15) is 5.76 Å². The van der Waals surface area contributed by atoms with Crippen molar-refractivity contribution in [2.45, 2.75) is 46.1 Å². The minimum atomic E-state index is -0.109. The second-order valence-electron chi connectivity index (χ2n) is 7.11. The van der Waals surface area contributed by atoms with E-state index in [0.29, 0.717) is 18.8 Å². The minimum Gasteiger partial charge on any atom is -0.467 e. The molecule has 5 heteroatoms. The van der Waals surface area contributed by atoms with Gasteiger partial charge in [0.2, 0.25) is 11.8 Å². The van der Waals surface area contributed by atoms with Gasteiger partial charge in [-0.15, -0.1) is 0 Å². The minimum absolute atomic E-state index is 0.0609. The van der Waals surface area contributed by atoms with Gasteiger partial charge >= 0.3 is 0 Å². The molecular formula is C20H26N2O3. The summed E-state index contributed by atoms with van der Waals surface area (Å²) in [6, 6.07) is 11.4. The molecule has 0 spiro atoms. The normalized spacial score (nSPS) is 11.2. The van der Waals surface area contributed by atoms with E-state index >= 15 is 0 Å². The molecule has 0 atom stereocenters. The van der Waals surface area contributed by atoms with Crippen LogP contribution in [0.5, 0.6) is 0 Å². The van der Waals surface area contributed by atoms with E-state index in [9.17, 15) is 9.59 Å². The second kappa shape index (κ2) is 8.01. The Kier molecular flexibility index (Phi) is 6.02. The highest BCUT2D eigenvalue weighted by Gasteiger charge is 2.19. The quantitative estimate of drug-likeness (QED) is 0.864. The van der Waals surface area contributed by atoms with Crippen LogP contribution >= 0.6 is 0 Å². The molecule has 25 heavy (non-hydrogen) atoms. The standard InChI is InChI=1S/C20H26N2O3/c1-15(23)22(14-16-8-7-13-25-16)12-11-19(24)21-18-10-6-5-9-17(18)20(2,3)4/h5-10,13H,11-12,14H2,1-4H3,(H,21,24). The summed E-state index contributed by atoms with van der Waals surface area (Å²) in [5.74, 6) is 0.510. The van der Waals surface area contributed by atoms with Crippen molar-refractivity contribution in [3.05, 3.63) is 54.0 Å². The summed E-state index contributed by atoms with van der Waals surface area (Å²) < 4.78 is 5.28. The highest BCUT2D eigenvalue weighted by molar-refractivity contribution is 5.92. The zero-order valence-electron chi connectivity index (χ0n) is 15.3. The smallest absolute Gasteiger partial charge is 0.226 e. The fourth-order valence-corrected chi connectivity index (χ4v) is 2.63. The SMILES string of the molecule is CC(=O)N(CCC(=O)Nc1ccccc1C(C)(C)C)Cc1ccco1. The third-order valence-electron chi connectivity index (χ3n) is 3.99. The van der Waals surface area contributed by atoms with Crippen molar-refractivity contribution >= 4 is 17.5 Å². The van der Waals surface area contributed by atoms with E-state index in [1.165, 1.54) is 6.92 Å². The number of anilines is 1. The number of rotatable bonds is 6. The second-order valence-corrected chi connectivity index (χ2v) is 7.11. The van der Waals surface area contributed by atoms with Gasteiger partial charge in [-0.05, 0) is 29.2 Å². The molecule has 1 aromatic carbocycles. The van der Waals surface area contributed by atoms with E-state index in [1.807, 2.05) is 30.3 Å². The third-order valence-corrected chi connectivity index (χ3v) is 3.99. The Morgan fingerprint density at radius 1 is 1.12 bits per heavy atom. The van der Waals surface area contributed by atoms with Crippen molar-refractivity contribution in [2.24, 2.45) is 0 Å². The fourth-order valence-electron chi connectivity index (χ4n) is 2.63. The van der Waals surface area contributed by atoms with Crippen molar-refractivity contribution in [1.29, 1.82) is 0 Å². The molecule has 2 aromatic rings. The molecule has 0 radical (unpaired) electrons. The summed E-state index contributed by atoms with van der Waals surface area (Å²) in [6.45, 7) is 8.54. The Balaban J connectivity index is 1.97. The van der Waals surface area contributed by atoms with Crippen LogP contribution in [0.25, 0.3) is 0 Å². The molecule has 0 saturated heterocycles. The molecule has 2 amide bonds. The van der Waals surface area contributed by atoms with Crippen LogP contribution in [0.3, 0.4) is 0 Å². The van der Waals surface area contributed by atoms with Crippen molar-refractivity contribution in [1.82, 2.24) is 4.90 Å². The lowest BCUT2D eigenvalue weighted by molar-refractivity contribution is -0.130. The van der Waals surface area contributed by atoms with E-state index in [1.54, 1.807) is 17.2 Å². The average Bonchev–Trinajstić information content (AvgIpc) is 3.03. The Hall–Kier alpha value is -2.56. The zero-order valence-corrected chi connectivity index (χ0v) is 15.3. The molecule has 134 valence electrons. The van der Waals surface area contributed by atoms with Crippen molar-refractivity contribution in [2.75, 3.05) is 11.9 Å². The van der Waals surface area contributed by atoms with Gasteiger partial charge < -0.3 is 14.6 Å². The Bertz CT molecular complexity index is 715. The lowest BCUT2D eigenvalue weighted by Gasteiger charge is -2.23. The Morgan fingerprint density at radius 2 is 1.84 bits per heavy atom. The first-order valence-electron chi connectivity index (χ1n) is 8.44. The molecule has 0 bridgehead atoms. The number of nitrogens with zero attached hydrogens (tertiary/aromatic N) is 1. The number of para-hydroxylation sites is 1. The molecule has 2 rings (SSSR count). The fraction of sp³-hybridized carbons (Fsp3) is 0.400. The van der Waals surface area contributed by atoms with Gasteiger partial charge in [-0.3, -0.25) is 9.59 Å². The van der Waals surface area contributed by atoms with Gasteiger partial charge in [0.05, 0.1) is 12.8 Å². The summed E-state index contributed by atoms with van der Waals surface area (Å²) in [4.78, 5) is 25.7. The third kappa shape index (κ3) is 5.48. The summed E-state index contributed by atoms with van der Waals surface area (Å²) in [7, 11) is 0. The first-order chi connectivity index (χ1) is 11.8. The maximum absolute atomic E-state index is 12.3. The van der Waals surface area contributed by atoms with Crippen LogP contribution in [0, 0.1) is 0 Å². The van der Waals surface area contributed by atoms with Crippen LogP contribution in [0.4, 0.5) is 5.69 Å². The molecule has 0 aliphatic carbocycles. The van der Waals surface area contributed by atoms with Crippen molar-refractivity contribution in [3.8, 4) is 0 Å². The molecule has 1 N–H and O–H groups in total. The first kappa shape index (κ1) is 18.8. The number of amides is 2. The van der Waals surface area contributed by atoms with Crippen LogP contribution in [-0.4, -0.2) is 23.3 Å². The zero-order chi connectivity index (χ0) is 18.4. The van der Waals surface area contributed by atoms with Gasteiger partial charge in [0.25, 0.3) is 0 Å². The van der Waals surface area contributed by atoms with Crippen LogP contribution in [-0.2, 0) is 21.5 Å². The molecule has 0 unspecified atom stereocenters. The summed E-state index contributed by atoms with van der Waals surface area (Å²) in [5.41, 5.74) is 1.84. The molecule has 1 aromatic heterocycles. The van der Waals surface area contributed by atoms with Crippen LogP contribution < -0.4 is 5.32 Å². The molecule has 0 aliphatic rings. The topological polar surface area (TPSA) is 62.6 Å². The number of nitrogens with one attached hydrogen (secondary N) is 1. The summed E-state index contributed by atoms with van der Waals surface area (Å²) in [6.07, 6.45) is 1.81. The maximum Gasteiger partial charge on any atom is 0.226 e. The highest BCUT2D eigenvalue weighted by Crippen LogP contribution is 2.29. The summed E-state index contributed by atoms with van der Waals surface area (Å²) >= 11 is 0. The van der Waals surface area contributed by atoms with E-state index in [2.05, 4.69) is 26.1 Å². The Morgan fingerprint density at radius 3 is 2.44 bits per heavy atom. The lowest BCUT2D eigenvalue weighted by Crippen LogP contribution is -2.31. The lowest BCUT2D eigenvalue weighted by atomic mass is 9.86. The number of benzene rings is 1. The van der Waals surface area contributed by atoms with E-state index < -0.39 is 0 Å². The predicted octanol–water partition coefficient (Wildman–Crippen LogP) is 3.95. The number of carbonyl (C=O) groups excluding carboxylic acids is 2. The largest absolute Gasteiger partial charge is 0.467 e. The van der Waals surface area contributed by atoms with E-state index in [-0.39, 0.29) is 23.7 Å². The van der Waals surface area contributed by atoms with Gasteiger partial charge in [-0.2, -0.15) is 0 Å². The van der Waals surface area contributed by atoms with E-state index in [4.69, 9.17) is 4.42 Å². The summed E-state index contributed by atoms with van der Waals surface area (Å²) in [5, 5.41) is 2.97. The van der Waals surface area contributed by atoms with Crippen molar-refractivity contribution in [3.63, 3.8) is 0 Å². The predicted molar refractivity (Wildman–Crippen MR) is 98.2 cm³/mol.